The number of hydrogen-bond acceptors (Lipinski definition) is 2. The fourth-order valence-corrected chi connectivity index (χ4v) is 1.60. The number of nitrogens with two attached hydrogens (primary N) is 1. The molecule has 0 fully saturated rings. The van der Waals surface area contributed by atoms with Gasteiger partial charge in [-0.05, 0) is 18.1 Å². The Bertz CT molecular complexity index is 446. The lowest BCUT2D eigenvalue weighted by atomic mass is 10.1. The van der Waals surface area contributed by atoms with Crippen molar-refractivity contribution in [3.63, 3.8) is 0 Å². The molecule has 3 heteroatoms. The van der Waals surface area contributed by atoms with Gasteiger partial charge >= 0.3 is 0 Å². The molecule has 0 aliphatic heterocycles. The van der Waals surface area contributed by atoms with Crippen molar-refractivity contribution >= 4 is 0 Å². The monoisotopic (exact) mass is 201 g/mol. The van der Waals surface area contributed by atoms with E-state index in [9.17, 15) is 0 Å². The van der Waals surface area contributed by atoms with E-state index in [4.69, 9.17) is 5.73 Å². The smallest absolute Gasteiger partial charge is 0.0951 e. The summed E-state index contributed by atoms with van der Waals surface area (Å²) in [6, 6.07) is 8.34. The van der Waals surface area contributed by atoms with Gasteiger partial charge in [0.1, 0.15) is 0 Å². The molecule has 1 aromatic carbocycles. The summed E-state index contributed by atoms with van der Waals surface area (Å²) in [7, 11) is 0. The number of nitrogens with zero attached hydrogens (tertiary/aromatic N) is 2. The summed E-state index contributed by atoms with van der Waals surface area (Å²) < 4.78 is 2.12. The van der Waals surface area contributed by atoms with Crippen molar-refractivity contribution in [2.24, 2.45) is 5.73 Å². The van der Waals surface area contributed by atoms with Crippen LogP contribution in [-0.2, 0) is 13.1 Å². The van der Waals surface area contributed by atoms with Crippen LogP contribution < -0.4 is 5.73 Å². The van der Waals surface area contributed by atoms with Crippen molar-refractivity contribution in [1.29, 1.82) is 0 Å². The molecule has 0 unspecified atom stereocenters. The van der Waals surface area contributed by atoms with Gasteiger partial charge in [0.2, 0.25) is 0 Å². The van der Waals surface area contributed by atoms with Crippen LogP contribution in [0.15, 0.2) is 36.8 Å². The lowest BCUT2D eigenvalue weighted by Crippen LogP contribution is -2.02. The van der Waals surface area contributed by atoms with Crippen molar-refractivity contribution in [2.45, 2.75) is 20.0 Å². The molecular formula is C12H15N3. The highest BCUT2D eigenvalue weighted by Crippen LogP contribution is 2.08. The van der Waals surface area contributed by atoms with Crippen LogP contribution in [0.5, 0.6) is 0 Å². The Hall–Kier alpha value is -1.61. The van der Waals surface area contributed by atoms with Gasteiger partial charge in [-0.3, -0.25) is 0 Å². The van der Waals surface area contributed by atoms with Gasteiger partial charge in [0.15, 0.2) is 0 Å². The van der Waals surface area contributed by atoms with Gasteiger partial charge in [-0.1, -0.05) is 24.3 Å². The molecule has 0 radical (unpaired) electrons. The molecule has 0 amide bonds. The Morgan fingerprint density at radius 3 is 2.80 bits per heavy atom. The fraction of sp³-hybridized carbons (Fsp3) is 0.250. The predicted octanol–water partition coefficient (Wildman–Crippen LogP) is 1.70. The van der Waals surface area contributed by atoms with Crippen molar-refractivity contribution in [3.8, 4) is 0 Å². The van der Waals surface area contributed by atoms with Crippen LogP contribution in [0, 0.1) is 6.92 Å². The molecule has 0 saturated carbocycles. The Balaban J connectivity index is 2.21. The molecule has 0 aliphatic rings. The van der Waals surface area contributed by atoms with E-state index in [0.717, 1.165) is 6.54 Å². The van der Waals surface area contributed by atoms with E-state index in [0.29, 0.717) is 6.54 Å². The molecule has 2 rings (SSSR count). The van der Waals surface area contributed by atoms with Gasteiger partial charge in [-0.15, -0.1) is 0 Å². The molecule has 1 aromatic heterocycles. The summed E-state index contributed by atoms with van der Waals surface area (Å²) in [5.41, 5.74) is 9.21. The van der Waals surface area contributed by atoms with Crippen molar-refractivity contribution in [3.05, 3.63) is 53.6 Å². The van der Waals surface area contributed by atoms with E-state index >= 15 is 0 Å². The molecule has 0 spiro atoms. The van der Waals surface area contributed by atoms with E-state index in [-0.39, 0.29) is 0 Å². The van der Waals surface area contributed by atoms with Gasteiger partial charge in [0.25, 0.3) is 0 Å². The standard InChI is InChI=1S/C12H15N3/c1-10-7-14-9-15(10)8-12-4-2-3-11(5-12)6-13/h2-5,7,9H,6,8,13H2,1H3. The minimum Gasteiger partial charge on any atom is -0.330 e. The lowest BCUT2D eigenvalue weighted by Gasteiger charge is -2.06. The van der Waals surface area contributed by atoms with Gasteiger partial charge < -0.3 is 10.3 Å². The zero-order chi connectivity index (χ0) is 10.7. The first-order chi connectivity index (χ1) is 7.29. The maximum Gasteiger partial charge on any atom is 0.0951 e. The maximum absolute atomic E-state index is 5.60. The SMILES string of the molecule is Cc1cncn1Cc1cccc(CN)c1. The topological polar surface area (TPSA) is 43.8 Å². The normalized spacial score (nSPS) is 10.5. The molecule has 0 aliphatic carbocycles. The molecule has 0 saturated heterocycles. The average molecular weight is 201 g/mol. The van der Waals surface area contributed by atoms with Crippen LogP contribution in [-0.4, -0.2) is 9.55 Å². The summed E-state index contributed by atoms with van der Waals surface area (Å²) in [5, 5.41) is 0. The summed E-state index contributed by atoms with van der Waals surface area (Å²) in [6.07, 6.45) is 3.72. The molecule has 1 heterocycles. The summed E-state index contributed by atoms with van der Waals surface area (Å²) >= 11 is 0. The Morgan fingerprint density at radius 1 is 1.33 bits per heavy atom. The molecule has 3 nitrogen and oxygen atoms in total. The first kappa shape index (κ1) is 9.93. The second-order valence-corrected chi connectivity index (χ2v) is 3.69. The number of aromatic nitrogens is 2. The molecule has 2 aromatic rings. The third kappa shape index (κ3) is 2.25. The van der Waals surface area contributed by atoms with Crippen molar-refractivity contribution < 1.29 is 0 Å². The average Bonchev–Trinajstić information content (AvgIpc) is 2.65. The van der Waals surface area contributed by atoms with E-state index in [1.165, 1.54) is 16.8 Å². The van der Waals surface area contributed by atoms with Crippen molar-refractivity contribution in [2.75, 3.05) is 0 Å². The van der Waals surface area contributed by atoms with Crippen LogP contribution >= 0.6 is 0 Å². The van der Waals surface area contributed by atoms with Crippen molar-refractivity contribution in [1.82, 2.24) is 9.55 Å². The maximum atomic E-state index is 5.60. The fourth-order valence-electron chi connectivity index (χ4n) is 1.60. The molecule has 2 N–H and O–H groups in total. The highest BCUT2D eigenvalue weighted by molar-refractivity contribution is 5.23. The van der Waals surface area contributed by atoms with Gasteiger partial charge in [-0.25, -0.2) is 4.98 Å². The van der Waals surface area contributed by atoms with Crippen LogP contribution in [0.25, 0.3) is 0 Å². The second kappa shape index (κ2) is 4.28. The largest absolute Gasteiger partial charge is 0.330 e. The van der Waals surface area contributed by atoms with Crippen LogP contribution in [0.3, 0.4) is 0 Å². The van der Waals surface area contributed by atoms with Crippen LogP contribution in [0.1, 0.15) is 16.8 Å². The number of hydrogen-bond donors (Lipinski definition) is 1. The molecule has 0 atom stereocenters. The summed E-state index contributed by atoms with van der Waals surface area (Å²) in [5.74, 6) is 0. The quantitative estimate of drug-likeness (QED) is 0.821. The van der Waals surface area contributed by atoms with Gasteiger partial charge in [0, 0.05) is 25.0 Å². The number of aryl methyl sites for hydroxylation is 1. The zero-order valence-corrected chi connectivity index (χ0v) is 8.85. The minimum atomic E-state index is 0.594. The summed E-state index contributed by atoms with van der Waals surface area (Å²) in [6.45, 7) is 3.51. The van der Waals surface area contributed by atoms with Gasteiger partial charge in [-0.2, -0.15) is 0 Å². The number of rotatable bonds is 3. The molecule has 15 heavy (non-hydrogen) atoms. The van der Waals surface area contributed by atoms with E-state index < -0.39 is 0 Å². The Morgan fingerprint density at radius 2 is 2.13 bits per heavy atom. The zero-order valence-electron chi connectivity index (χ0n) is 8.85. The van der Waals surface area contributed by atoms with Gasteiger partial charge in [0.05, 0.1) is 6.33 Å². The van der Waals surface area contributed by atoms with E-state index in [1.54, 1.807) is 0 Å². The van der Waals surface area contributed by atoms with Crippen LogP contribution in [0.2, 0.25) is 0 Å². The summed E-state index contributed by atoms with van der Waals surface area (Å²) in [4.78, 5) is 4.10. The lowest BCUT2D eigenvalue weighted by molar-refractivity contribution is 0.768. The highest BCUT2D eigenvalue weighted by atomic mass is 15.0. The first-order valence-electron chi connectivity index (χ1n) is 5.04. The Kier molecular flexibility index (Phi) is 2.83. The first-order valence-corrected chi connectivity index (χ1v) is 5.04. The third-order valence-electron chi connectivity index (χ3n) is 2.50. The minimum absolute atomic E-state index is 0.594. The highest BCUT2D eigenvalue weighted by Gasteiger charge is 1.99. The predicted molar refractivity (Wildman–Crippen MR) is 60.4 cm³/mol. The Labute approximate surface area is 89.6 Å². The van der Waals surface area contributed by atoms with E-state index in [1.807, 2.05) is 24.7 Å². The van der Waals surface area contributed by atoms with E-state index in [2.05, 4.69) is 28.6 Å². The molecule has 0 bridgehead atoms. The molecular weight excluding hydrogens is 186 g/mol. The molecule has 78 valence electrons. The number of benzene rings is 1. The van der Waals surface area contributed by atoms with Crippen LogP contribution in [0.4, 0.5) is 0 Å². The second-order valence-electron chi connectivity index (χ2n) is 3.69. The third-order valence-corrected chi connectivity index (χ3v) is 2.50. The number of imidazole rings is 1.